The largest absolute Gasteiger partial charge is 0.357 e. The van der Waals surface area contributed by atoms with Crippen molar-refractivity contribution in [2.24, 2.45) is 57.3 Å². The van der Waals surface area contributed by atoms with E-state index in [0.717, 1.165) is 11.7 Å². The molecule has 9 rings (SSSR count). The molecule has 40 heavy (non-hydrogen) atoms. The zero-order chi connectivity index (χ0) is 26.2. The quantitative estimate of drug-likeness (QED) is 0.285. The number of hydrogen-bond donors (Lipinski definition) is 6. The Morgan fingerprint density at radius 1 is 0.425 bits per heavy atom. The van der Waals surface area contributed by atoms with E-state index in [1.165, 1.54) is 0 Å². The molecular formula is C32H36N8. The van der Waals surface area contributed by atoms with Crippen molar-refractivity contribution in [3.8, 4) is 0 Å². The summed E-state index contributed by atoms with van der Waals surface area (Å²) in [5.74, 6) is 4.28. The van der Waals surface area contributed by atoms with Gasteiger partial charge in [0.2, 0.25) is 0 Å². The van der Waals surface area contributed by atoms with Crippen molar-refractivity contribution in [1.29, 1.82) is 0 Å². The maximum Gasteiger partial charge on any atom is 0.134 e. The lowest BCUT2D eigenvalue weighted by Gasteiger charge is -2.28. The van der Waals surface area contributed by atoms with Crippen molar-refractivity contribution in [3.63, 3.8) is 0 Å². The van der Waals surface area contributed by atoms with Crippen LogP contribution in [0.15, 0.2) is 107 Å². The molecule has 6 N–H and O–H groups in total. The summed E-state index contributed by atoms with van der Waals surface area (Å²) in [7, 11) is 0. The van der Waals surface area contributed by atoms with Crippen LogP contribution in [0.5, 0.6) is 0 Å². The number of nitrogens with zero attached hydrogens (tertiary/aromatic N) is 2. The predicted molar refractivity (Wildman–Crippen MR) is 157 cm³/mol. The van der Waals surface area contributed by atoms with Crippen LogP contribution in [0.2, 0.25) is 0 Å². The van der Waals surface area contributed by atoms with Crippen molar-refractivity contribution in [2.45, 2.75) is 37.0 Å². The molecule has 204 valence electrons. The molecule has 8 heteroatoms. The first-order valence-corrected chi connectivity index (χ1v) is 14.9. The molecule has 0 aromatic rings. The Kier molecular flexibility index (Phi) is 5.41. The summed E-state index contributed by atoms with van der Waals surface area (Å²) >= 11 is 0. The first-order chi connectivity index (χ1) is 19.8. The molecule has 0 aromatic heterocycles. The SMILES string of the molecule is C1=CC2C3=NC(NC4NC(N[C@H]5NC(NC6NC(=N3)C3C=CC=C[C@@H]63)C3C=CC=CC35)C3C=CC=CC43)C2C=C1. The third-order valence-corrected chi connectivity index (χ3v) is 10.3. The molecule has 0 radical (unpaired) electrons. The lowest BCUT2D eigenvalue weighted by atomic mass is 9.85. The maximum absolute atomic E-state index is 5.28. The van der Waals surface area contributed by atoms with Gasteiger partial charge in [-0.05, 0) is 0 Å². The summed E-state index contributed by atoms with van der Waals surface area (Å²) in [6, 6.07) is 0. The van der Waals surface area contributed by atoms with Gasteiger partial charge in [-0.1, -0.05) is 97.2 Å². The fourth-order valence-corrected chi connectivity index (χ4v) is 8.36. The standard InChI is InChI=1S/C32H36N8/c1-2-10-18-17(9-1)25-33-26(18)38-28-21-13-5-6-14-22(21)30(35-28)40-32-24-16-8-7-15-23(24)31(36-32)39-29-20-12-4-3-11-19(20)27(34-29)37-25/h1-29,31,33-34,37-39H,(H,35,36,40)/t17?,18?,19?,20?,21-,22?,23?,24?,25-,26?,27?,28?,29?,31?/m1/s1. The van der Waals surface area contributed by atoms with E-state index in [4.69, 9.17) is 9.98 Å². The van der Waals surface area contributed by atoms with E-state index in [9.17, 15) is 0 Å². The number of nitrogens with one attached hydrogen (secondary N) is 6. The minimum atomic E-state index is -0.0349. The van der Waals surface area contributed by atoms with Gasteiger partial charge in [0.25, 0.3) is 0 Å². The Labute approximate surface area is 235 Å². The number of allylic oxidation sites excluding steroid dienone is 8. The fraction of sp³-hybridized carbons (Fsp3) is 0.438. The van der Waals surface area contributed by atoms with Gasteiger partial charge in [-0.25, -0.2) is 4.99 Å². The predicted octanol–water partition coefficient (Wildman–Crippen LogP) is 1.78. The van der Waals surface area contributed by atoms with E-state index >= 15 is 0 Å². The monoisotopic (exact) mass is 532 g/mol. The molecule has 0 aromatic carbocycles. The molecule has 0 saturated carbocycles. The van der Waals surface area contributed by atoms with Crippen molar-refractivity contribution in [2.75, 3.05) is 0 Å². The smallest absolute Gasteiger partial charge is 0.134 e. The Bertz CT molecular complexity index is 1380. The lowest BCUT2D eigenvalue weighted by Crippen LogP contribution is -2.58. The second kappa shape index (κ2) is 9.19. The Morgan fingerprint density at radius 3 is 1.48 bits per heavy atom. The lowest BCUT2D eigenvalue weighted by molar-refractivity contribution is 0.288. The number of rotatable bonds is 0. The van der Waals surface area contributed by atoms with Gasteiger partial charge in [-0.3, -0.25) is 31.6 Å². The van der Waals surface area contributed by atoms with Crippen LogP contribution in [0.25, 0.3) is 0 Å². The number of amidine groups is 2. The highest BCUT2D eigenvalue weighted by molar-refractivity contribution is 6.03. The highest BCUT2D eigenvalue weighted by Gasteiger charge is 2.50. The Balaban J connectivity index is 1.13. The minimum Gasteiger partial charge on any atom is -0.357 e. The summed E-state index contributed by atoms with van der Waals surface area (Å²) in [6.07, 6.45) is 36.6. The van der Waals surface area contributed by atoms with Gasteiger partial charge in [-0.2, -0.15) is 0 Å². The summed E-state index contributed by atoms with van der Waals surface area (Å²) in [5, 5.41) is 23.6. The summed E-state index contributed by atoms with van der Waals surface area (Å²) in [6.45, 7) is 0. The van der Waals surface area contributed by atoms with Gasteiger partial charge in [0, 0.05) is 47.3 Å². The van der Waals surface area contributed by atoms with E-state index in [1.54, 1.807) is 0 Å². The highest BCUT2D eigenvalue weighted by atomic mass is 15.4. The fourth-order valence-electron chi connectivity index (χ4n) is 8.36. The molecule has 12 unspecified atom stereocenters. The van der Waals surface area contributed by atoms with Gasteiger partial charge in [0.1, 0.15) is 17.8 Å². The van der Waals surface area contributed by atoms with Gasteiger partial charge < -0.3 is 5.32 Å². The number of hydrogen-bond acceptors (Lipinski definition) is 8. The molecule has 0 spiro atoms. The molecule has 4 aliphatic carbocycles. The van der Waals surface area contributed by atoms with Gasteiger partial charge in [-0.15, -0.1) is 0 Å². The average molecular weight is 533 g/mol. The maximum atomic E-state index is 5.28. The van der Waals surface area contributed by atoms with Crippen LogP contribution in [-0.2, 0) is 0 Å². The molecule has 14 atom stereocenters. The average Bonchev–Trinajstić information content (AvgIpc) is 3.73. The summed E-state index contributed by atoms with van der Waals surface area (Å²) in [4.78, 5) is 10.5. The second-order valence-corrected chi connectivity index (χ2v) is 12.4. The first-order valence-electron chi connectivity index (χ1n) is 14.9. The van der Waals surface area contributed by atoms with Crippen LogP contribution >= 0.6 is 0 Å². The van der Waals surface area contributed by atoms with E-state index in [-0.39, 0.29) is 54.7 Å². The van der Waals surface area contributed by atoms with E-state index in [0.29, 0.717) is 29.6 Å². The molecule has 5 heterocycles. The summed E-state index contributed by atoms with van der Waals surface area (Å²) < 4.78 is 0. The van der Waals surface area contributed by atoms with Crippen LogP contribution in [0, 0.1) is 47.3 Å². The van der Waals surface area contributed by atoms with Gasteiger partial charge in [0.15, 0.2) is 0 Å². The normalized spacial score (nSPS) is 50.2. The van der Waals surface area contributed by atoms with Crippen molar-refractivity contribution < 1.29 is 0 Å². The molecule has 8 bridgehead atoms. The van der Waals surface area contributed by atoms with E-state index in [1.807, 2.05) is 0 Å². The Morgan fingerprint density at radius 2 is 0.875 bits per heavy atom. The zero-order valence-electron chi connectivity index (χ0n) is 22.2. The van der Waals surface area contributed by atoms with Crippen molar-refractivity contribution >= 4 is 11.7 Å². The van der Waals surface area contributed by atoms with Crippen LogP contribution < -0.4 is 31.9 Å². The molecule has 9 aliphatic rings. The molecule has 5 aliphatic heterocycles. The topological polar surface area (TPSA) is 96.9 Å². The van der Waals surface area contributed by atoms with Gasteiger partial charge in [0.05, 0.1) is 30.8 Å². The van der Waals surface area contributed by atoms with Crippen LogP contribution in [0.4, 0.5) is 0 Å². The van der Waals surface area contributed by atoms with Crippen LogP contribution in [-0.4, -0.2) is 48.7 Å². The molecular weight excluding hydrogens is 496 g/mol. The van der Waals surface area contributed by atoms with Gasteiger partial charge >= 0.3 is 0 Å². The summed E-state index contributed by atoms with van der Waals surface area (Å²) in [5.41, 5.74) is 0. The molecule has 0 amide bonds. The van der Waals surface area contributed by atoms with E-state index < -0.39 is 0 Å². The molecule has 3 saturated heterocycles. The van der Waals surface area contributed by atoms with Crippen LogP contribution in [0.1, 0.15) is 0 Å². The molecule has 3 fully saturated rings. The van der Waals surface area contributed by atoms with Crippen molar-refractivity contribution in [1.82, 2.24) is 31.9 Å². The number of fused-ring (bicyclic) bond motifs is 19. The minimum absolute atomic E-state index is 0.0349. The number of aliphatic imine (C=N–C) groups is 2. The second-order valence-electron chi connectivity index (χ2n) is 12.4. The van der Waals surface area contributed by atoms with E-state index in [2.05, 4.69) is 129 Å². The zero-order valence-corrected chi connectivity index (χ0v) is 22.2. The van der Waals surface area contributed by atoms with Crippen LogP contribution in [0.3, 0.4) is 0 Å². The first kappa shape index (κ1) is 23.6. The third-order valence-electron chi connectivity index (χ3n) is 10.3. The molecule has 8 nitrogen and oxygen atoms in total. The highest BCUT2D eigenvalue weighted by Crippen LogP contribution is 2.39. The van der Waals surface area contributed by atoms with Crippen molar-refractivity contribution in [3.05, 3.63) is 97.2 Å². The Hall–Kier alpha value is -3.14. The third kappa shape index (κ3) is 3.63.